The first-order valence-electron chi connectivity index (χ1n) is 6.83. The number of hydrogen-bond donors (Lipinski definition) is 1. The van der Waals surface area contributed by atoms with E-state index >= 15 is 0 Å². The molecule has 0 aromatic heterocycles. The lowest BCUT2D eigenvalue weighted by Crippen LogP contribution is -2.23. The minimum absolute atomic E-state index is 0.201. The molecule has 1 aromatic rings. The van der Waals surface area contributed by atoms with Crippen molar-refractivity contribution >= 4 is 0 Å². The Morgan fingerprint density at radius 1 is 1.20 bits per heavy atom. The van der Waals surface area contributed by atoms with E-state index in [0.29, 0.717) is 17.7 Å². The number of nitrogens with zero attached hydrogens (tertiary/aromatic N) is 2. The maximum atomic E-state index is 14.0. The Kier molecular flexibility index (Phi) is 7.24. The molecule has 0 aliphatic carbocycles. The fraction of sp³-hybridized carbons (Fsp3) is 0.500. The Bertz CT molecular complexity index is 474. The van der Waals surface area contributed by atoms with Crippen molar-refractivity contribution in [2.24, 2.45) is 5.73 Å². The topological polar surface area (TPSA) is 32.5 Å². The highest BCUT2D eigenvalue weighted by Crippen LogP contribution is 2.12. The van der Waals surface area contributed by atoms with E-state index in [1.807, 2.05) is 13.1 Å². The summed E-state index contributed by atoms with van der Waals surface area (Å²) in [7, 11) is 6.12. The summed E-state index contributed by atoms with van der Waals surface area (Å²) in [5, 5.41) is 0. The Labute approximate surface area is 121 Å². The van der Waals surface area contributed by atoms with Crippen molar-refractivity contribution < 1.29 is 4.39 Å². The highest BCUT2D eigenvalue weighted by molar-refractivity contribution is 5.37. The van der Waals surface area contributed by atoms with Gasteiger partial charge in [0.2, 0.25) is 0 Å². The summed E-state index contributed by atoms with van der Waals surface area (Å²) in [6.07, 6.45) is 1.07. The van der Waals surface area contributed by atoms with E-state index in [1.165, 1.54) is 6.07 Å². The molecule has 110 valence electrons. The molecule has 0 saturated carbocycles. The number of benzene rings is 1. The molecule has 1 aromatic carbocycles. The lowest BCUT2D eigenvalue weighted by Gasteiger charge is -2.18. The van der Waals surface area contributed by atoms with E-state index in [1.54, 1.807) is 6.07 Å². The molecule has 0 aliphatic heterocycles. The number of nitrogens with two attached hydrogens (primary N) is 1. The molecule has 0 spiro atoms. The summed E-state index contributed by atoms with van der Waals surface area (Å²) in [6, 6.07) is 5.12. The number of halogens is 1. The Morgan fingerprint density at radius 3 is 2.55 bits per heavy atom. The molecular formula is C16H24FN3. The van der Waals surface area contributed by atoms with Gasteiger partial charge in [-0.15, -0.1) is 0 Å². The molecule has 0 atom stereocenters. The van der Waals surface area contributed by atoms with Crippen LogP contribution in [0.5, 0.6) is 0 Å². The monoisotopic (exact) mass is 277 g/mol. The fourth-order valence-corrected chi connectivity index (χ4v) is 1.93. The third-order valence-corrected chi connectivity index (χ3v) is 2.97. The van der Waals surface area contributed by atoms with Gasteiger partial charge in [-0.1, -0.05) is 17.9 Å². The van der Waals surface area contributed by atoms with E-state index < -0.39 is 0 Å². The number of rotatable bonds is 6. The summed E-state index contributed by atoms with van der Waals surface area (Å²) < 4.78 is 14.0. The molecule has 3 nitrogen and oxygen atoms in total. The summed E-state index contributed by atoms with van der Waals surface area (Å²) in [5.74, 6) is 5.36. The maximum Gasteiger partial charge on any atom is 0.128 e. The zero-order valence-electron chi connectivity index (χ0n) is 12.6. The molecule has 0 fully saturated rings. The van der Waals surface area contributed by atoms with E-state index in [4.69, 9.17) is 5.73 Å². The molecule has 20 heavy (non-hydrogen) atoms. The van der Waals surface area contributed by atoms with Crippen LogP contribution in [0.4, 0.5) is 4.39 Å². The van der Waals surface area contributed by atoms with Crippen LogP contribution in [-0.2, 0) is 6.54 Å². The van der Waals surface area contributed by atoms with Crippen molar-refractivity contribution in [1.82, 2.24) is 9.80 Å². The summed E-state index contributed by atoms with van der Waals surface area (Å²) in [6.45, 7) is 2.90. The van der Waals surface area contributed by atoms with E-state index in [0.717, 1.165) is 19.5 Å². The fourth-order valence-electron chi connectivity index (χ4n) is 1.93. The van der Waals surface area contributed by atoms with Crippen LogP contribution in [0.15, 0.2) is 18.2 Å². The van der Waals surface area contributed by atoms with Crippen molar-refractivity contribution in [3.05, 3.63) is 35.1 Å². The molecular weight excluding hydrogens is 253 g/mol. The van der Waals surface area contributed by atoms with Gasteiger partial charge in [0.1, 0.15) is 5.82 Å². The van der Waals surface area contributed by atoms with Crippen molar-refractivity contribution in [2.45, 2.75) is 13.0 Å². The normalized spacial score (nSPS) is 10.8. The van der Waals surface area contributed by atoms with Crippen molar-refractivity contribution in [3.63, 3.8) is 0 Å². The highest BCUT2D eigenvalue weighted by Gasteiger charge is 2.06. The zero-order chi connectivity index (χ0) is 15.0. The third-order valence-electron chi connectivity index (χ3n) is 2.97. The van der Waals surface area contributed by atoms with Gasteiger partial charge < -0.3 is 15.5 Å². The molecule has 0 unspecified atom stereocenters. The lowest BCUT2D eigenvalue weighted by atomic mass is 10.1. The first-order chi connectivity index (χ1) is 9.52. The van der Waals surface area contributed by atoms with Crippen molar-refractivity contribution in [2.75, 3.05) is 40.8 Å². The second-order valence-corrected chi connectivity index (χ2v) is 5.21. The molecule has 0 bridgehead atoms. The molecule has 0 amide bonds. The lowest BCUT2D eigenvalue weighted by molar-refractivity contribution is 0.291. The van der Waals surface area contributed by atoms with Gasteiger partial charge in [0.05, 0.1) is 6.54 Å². The summed E-state index contributed by atoms with van der Waals surface area (Å²) in [4.78, 5) is 4.28. The molecule has 0 heterocycles. The quantitative estimate of drug-likeness (QED) is 0.800. The minimum atomic E-state index is -0.201. The van der Waals surface area contributed by atoms with Crippen LogP contribution < -0.4 is 5.73 Å². The van der Waals surface area contributed by atoms with Gasteiger partial charge in [0, 0.05) is 17.7 Å². The Balaban J connectivity index is 2.55. The van der Waals surface area contributed by atoms with Crippen LogP contribution in [0, 0.1) is 17.7 Å². The largest absolute Gasteiger partial charge is 0.320 e. The van der Waals surface area contributed by atoms with Crippen LogP contribution >= 0.6 is 0 Å². The van der Waals surface area contributed by atoms with Crippen molar-refractivity contribution in [3.8, 4) is 11.8 Å². The van der Waals surface area contributed by atoms with Crippen LogP contribution in [0.25, 0.3) is 0 Å². The third kappa shape index (κ3) is 6.16. The number of hydrogen-bond acceptors (Lipinski definition) is 3. The smallest absolute Gasteiger partial charge is 0.128 e. The molecule has 0 radical (unpaired) electrons. The van der Waals surface area contributed by atoms with Crippen molar-refractivity contribution in [1.29, 1.82) is 0 Å². The summed E-state index contributed by atoms with van der Waals surface area (Å²) in [5.41, 5.74) is 6.68. The van der Waals surface area contributed by atoms with Gasteiger partial charge >= 0.3 is 0 Å². The first kappa shape index (κ1) is 16.6. The van der Waals surface area contributed by atoms with Gasteiger partial charge in [-0.05, 0) is 52.8 Å². The van der Waals surface area contributed by atoms with Gasteiger partial charge in [-0.3, -0.25) is 0 Å². The average Bonchev–Trinajstić information content (AvgIpc) is 2.38. The standard InChI is InChI=1S/C16H24FN3/c1-19(2)10-5-11-20(3)13-15-8-7-14(6-4-9-18)12-16(15)17/h7-8,12H,5,9-11,13,18H2,1-3H3. The second-order valence-electron chi connectivity index (χ2n) is 5.21. The van der Waals surface area contributed by atoms with E-state index in [2.05, 4.69) is 35.7 Å². The second kappa shape index (κ2) is 8.70. The summed E-state index contributed by atoms with van der Waals surface area (Å²) >= 11 is 0. The van der Waals surface area contributed by atoms with Crippen LogP contribution in [0.3, 0.4) is 0 Å². The molecule has 4 heteroatoms. The molecule has 0 saturated heterocycles. The maximum absolute atomic E-state index is 14.0. The Hall–Kier alpha value is -1.41. The van der Waals surface area contributed by atoms with Gasteiger partial charge in [-0.25, -0.2) is 4.39 Å². The van der Waals surface area contributed by atoms with Crippen LogP contribution in [-0.4, -0.2) is 50.6 Å². The van der Waals surface area contributed by atoms with Gasteiger partial charge in [0.15, 0.2) is 0 Å². The van der Waals surface area contributed by atoms with Gasteiger partial charge in [0.25, 0.3) is 0 Å². The van der Waals surface area contributed by atoms with E-state index in [9.17, 15) is 4.39 Å². The Morgan fingerprint density at radius 2 is 1.95 bits per heavy atom. The van der Waals surface area contributed by atoms with Crippen LogP contribution in [0.2, 0.25) is 0 Å². The minimum Gasteiger partial charge on any atom is -0.320 e. The van der Waals surface area contributed by atoms with E-state index in [-0.39, 0.29) is 12.4 Å². The predicted octanol–water partition coefficient (Wildman–Crippen LogP) is 1.52. The molecule has 2 N–H and O–H groups in total. The highest BCUT2D eigenvalue weighted by atomic mass is 19.1. The zero-order valence-corrected chi connectivity index (χ0v) is 12.6. The predicted molar refractivity (Wildman–Crippen MR) is 81.8 cm³/mol. The molecule has 0 aliphatic rings. The SMILES string of the molecule is CN(C)CCCN(C)Cc1ccc(C#CCN)cc1F. The molecule has 1 rings (SSSR count). The van der Waals surface area contributed by atoms with Gasteiger partial charge in [-0.2, -0.15) is 0 Å². The average molecular weight is 277 g/mol. The first-order valence-corrected chi connectivity index (χ1v) is 6.83. The van der Waals surface area contributed by atoms with Crippen LogP contribution in [0.1, 0.15) is 17.5 Å².